The van der Waals surface area contributed by atoms with Gasteiger partial charge in [0, 0.05) is 48.0 Å². The molecule has 0 saturated heterocycles. The van der Waals surface area contributed by atoms with Crippen LogP contribution in [0.2, 0.25) is 5.02 Å². The number of para-hydroxylation sites is 1. The fraction of sp³-hybridized carbons (Fsp3) is 0.250. The Morgan fingerprint density at radius 1 is 1.28 bits per heavy atom. The van der Waals surface area contributed by atoms with Crippen molar-refractivity contribution in [2.45, 2.75) is 33.2 Å². The first-order valence-corrected chi connectivity index (χ1v) is 12.7. The first-order chi connectivity index (χ1) is 16.9. The van der Waals surface area contributed by atoms with Crippen molar-refractivity contribution in [3.05, 3.63) is 83.6 Å². The van der Waals surface area contributed by atoms with Crippen LogP contribution in [0.3, 0.4) is 0 Å². The molecule has 0 atom stereocenters. The summed E-state index contributed by atoms with van der Waals surface area (Å²) in [5.74, 6) is -1.54. The lowest BCUT2D eigenvalue weighted by atomic mass is 10.1. The second kappa shape index (κ2) is 11.3. The Morgan fingerprint density at radius 2 is 2.03 bits per heavy atom. The normalized spacial score (nSPS) is 12.3. The molecular weight excluding hydrogens is 517 g/mol. The SMILES string of the molecule is C=CN(/C=C\C)c1cc(C)nc2c(OCc3c(Cl)cncc3CNS(=O)(=O)CC(F)(F)F)cccc12. The van der Waals surface area contributed by atoms with Crippen molar-refractivity contribution in [3.63, 3.8) is 0 Å². The monoisotopic (exact) mass is 540 g/mol. The van der Waals surface area contributed by atoms with E-state index in [4.69, 9.17) is 16.3 Å². The first kappa shape index (κ1) is 27.4. The summed E-state index contributed by atoms with van der Waals surface area (Å²) in [5, 5.41) is 0.982. The largest absolute Gasteiger partial charge is 0.487 e. The van der Waals surface area contributed by atoms with Gasteiger partial charge in [-0.05, 0) is 31.5 Å². The van der Waals surface area contributed by atoms with E-state index in [2.05, 4.69) is 16.5 Å². The maximum atomic E-state index is 12.5. The Balaban J connectivity index is 1.91. The van der Waals surface area contributed by atoms with Crippen LogP contribution in [0.5, 0.6) is 5.75 Å². The molecule has 192 valence electrons. The van der Waals surface area contributed by atoms with Gasteiger partial charge in [-0.2, -0.15) is 13.2 Å². The number of allylic oxidation sites excluding steroid dienone is 1. The molecule has 1 aromatic carbocycles. The van der Waals surface area contributed by atoms with Gasteiger partial charge in [0.05, 0.1) is 10.7 Å². The van der Waals surface area contributed by atoms with E-state index < -0.39 is 28.5 Å². The standard InChI is InChI=1S/C24H24ClF3N4O3S/c1-4-9-32(5-2)21-10-16(3)31-23-18(21)7-6-8-22(23)35-14-19-17(11-29-13-20(19)25)12-30-36(33,34)15-24(26,27)28/h4-11,13,30H,2,12,14-15H2,1,3H3/b9-4-. The number of nitrogens with one attached hydrogen (secondary N) is 1. The number of pyridine rings is 2. The van der Waals surface area contributed by atoms with Gasteiger partial charge in [-0.3, -0.25) is 4.98 Å². The lowest BCUT2D eigenvalue weighted by molar-refractivity contribution is -0.106. The van der Waals surface area contributed by atoms with E-state index in [1.165, 1.54) is 12.4 Å². The molecule has 2 aromatic heterocycles. The third-order valence-corrected chi connectivity index (χ3v) is 6.61. The molecule has 0 radical (unpaired) electrons. The summed E-state index contributed by atoms with van der Waals surface area (Å²) >= 11 is 6.28. The molecule has 2 heterocycles. The zero-order valence-electron chi connectivity index (χ0n) is 19.5. The van der Waals surface area contributed by atoms with Crippen LogP contribution in [0.25, 0.3) is 10.9 Å². The molecule has 7 nitrogen and oxygen atoms in total. The number of aryl methyl sites for hydroxylation is 1. The van der Waals surface area contributed by atoms with Crippen LogP contribution >= 0.6 is 11.6 Å². The number of alkyl halides is 3. The average molecular weight is 541 g/mol. The van der Waals surface area contributed by atoms with Crippen molar-refractivity contribution in [2.75, 3.05) is 10.7 Å². The van der Waals surface area contributed by atoms with Crippen molar-refractivity contribution in [2.24, 2.45) is 0 Å². The fourth-order valence-corrected chi connectivity index (χ4v) is 4.62. The van der Waals surface area contributed by atoms with Crippen molar-refractivity contribution in [1.29, 1.82) is 0 Å². The second-order valence-corrected chi connectivity index (χ2v) is 9.96. The van der Waals surface area contributed by atoms with Crippen molar-refractivity contribution >= 4 is 38.2 Å². The predicted molar refractivity (Wildman–Crippen MR) is 134 cm³/mol. The molecule has 0 amide bonds. The van der Waals surface area contributed by atoms with E-state index in [-0.39, 0.29) is 17.2 Å². The zero-order valence-corrected chi connectivity index (χ0v) is 21.1. The Bertz CT molecular complexity index is 1400. The van der Waals surface area contributed by atoms with Gasteiger partial charge in [0.15, 0.2) is 5.75 Å². The Labute approximate surface area is 212 Å². The van der Waals surface area contributed by atoms with Crippen LogP contribution < -0.4 is 14.4 Å². The molecule has 0 aliphatic rings. The molecule has 0 aliphatic carbocycles. The highest BCUT2D eigenvalue weighted by Crippen LogP contribution is 2.33. The first-order valence-electron chi connectivity index (χ1n) is 10.7. The van der Waals surface area contributed by atoms with Gasteiger partial charge in [-0.15, -0.1) is 0 Å². The number of nitrogens with zero attached hydrogens (tertiary/aromatic N) is 3. The fourth-order valence-electron chi connectivity index (χ4n) is 3.48. The highest BCUT2D eigenvalue weighted by Gasteiger charge is 2.35. The van der Waals surface area contributed by atoms with Crippen LogP contribution in [0.4, 0.5) is 18.9 Å². The van der Waals surface area contributed by atoms with Gasteiger partial charge in [-0.1, -0.05) is 36.4 Å². The summed E-state index contributed by atoms with van der Waals surface area (Å²) < 4.78 is 69.2. The predicted octanol–water partition coefficient (Wildman–Crippen LogP) is 5.64. The second-order valence-electron chi connectivity index (χ2n) is 7.75. The van der Waals surface area contributed by atoms with Crippen LogP contribution in [-0.4, -0.2) is 30.3 Å². The molecule has 0 saturated carbocycles. The van der Waals surface area contributed by atoms with Gasteiger partial charge < -0.3 is 9.64 Å². The minimum Gasteiger partial charge on any atom is -0.487 e. The van der Waals surface area contributed by atoms with Gasteiger partial charge in [0.2, 0.25) is 10.0 Å². The quantitative estimate of drug-likeness (QED) is 0.358. The number of anilines is 1. The third-order valence-electron chi connectivity index (χ3n) is 5.00. The zero-order chi connectivity index (χ0) is 26.5. The molecule has 0 fully saturated rings. The summed E-state index contributed by atoms with van der Waals surface area (Å²) in [5.41, 5.74) is 2.84. The minimum absolute atomic E-state index is 0.0954. The highest BCUT2D eigenvalue weighted by molar-refractivity contribution is 7.89. The highest BCUT2D eigenvalue weighted by atomic mass is 35.5. The number of ether oxygens (including phenoxy) is 1. The Kier molecular flexibility index (Phi) is 8.59. The lowest BCUT2D eigenvalue weighted by Gasteiger charge is -2.19. The van der Waals surface area contributed by atoms with Gasteiger partial charge in [0.1, 0.15) is 17.9 Å². The van der Waals surface area contributed by atoms with E-state index >= 15 is 0 Å². The van der Waals surface area contributed by atoms with Crippen LogP contribution in [0.1, 0.15) is 23.7 Å². The average Bonchev–Trinajstić information content (AvgIpc) is 2.78. The number of benzene rings is 1. The summed E-state index contributed by atoms with van der Waals surface area (Å²) in [6, 6.07) is 7.34. The van der Waals surface area contributed by atoms with Gasteiger partial charge in [-0.25, -0.2) is 18.1 Å². The van der Waals surface area contributed by atoms with Crippen LogP contribution in [-0.2, 0) is 23.2 Å². The number of hydrogen-bond donors (Lipinski definition) is 1. The summed E-state index contributed by atoms with van der Waals surface area (Å²) in [4.78, 5) is 10.4. The number of sulfonamides is 1. The molecule has 12 heteroatoms. The van der Waals surface area contributed by atoms with E-state index in [1.807, 2.05) is 47.9 Å². The number of aromatic nitrogens is 2. The smallest absolute Gasteiger partial charge is 0.404 e. The van der Waals surface area contributed by atoms with E-state index in [0.29, 0.717) is 16.8 Å². The van der Waals surface area contributed by atoms with Crippen LogP contribution in [0.15, 0.2) is 61.7 Å². The Morgan fingerprint density at radius 3 is 2.69 bits per heavy atom. The minimum atomic E-state index is -4.86. The van der Waals surface area contributed by atoms with Crippen molar-refractivity contribution < 1.29 is 26.3 Å². The molecule has 0 unspecified atom stereocenters. The van der Waals surface area contributed by atoms with Crippen LogP contribution in [0, 0.1) is 6.92 Å². The molecule has 3 rings (SSSR count). The maximum Gasteiger partial charge on any atom is 0.404 e. The maximum absolute atomic E-state index is 12.5. The topological polar surface area (TPSA) is 84.4 Å². The van der Waals surface area contributed by atoms with E-state index in [0.717, 1.165) is 16.8 Å². The Hall–Kier alpha value is -3.15. The molecule has 36 heavy (non-hydrogen) atoms. The lowest BCUT2D eigenvalue weighted by Crippen LogP contribution is -2.33. The van der Waals surface area contributed by atoms with Crippen molar-refractivity contribution in [3.8, 4) is 5.75 Å². The molecule has 3 aromatic rings. The van der Waals surface area contributed by atoms with Gasteiger partial charge in [0.25, 0.3) is 0 Å². The van der Waals surface area contributed by atoms with E-state index in [9.17, 15) is 21.6 Å². The molecular formula is C24H24ClF3N4O3S. The molecule has 0 aliphatic heterocycles. The number of halogens is 4. The summed E-state index contributed by atoms with van der Waals surface area (Å²) in [7, 11) is -4.60. The summed E-state index contributed by atoms with van der Waals surface area (Å²) in [6.07, 6.45) is 3.21. The van der Waals surface area contributed by atoms with E-state index in [1.54, 1.807) is 18.3 Å². The number of rotatable bonds is 10. The van der Waals surface area contributed by atoms with Crippen molar-refractivity contribution in [1.82, 2.24) is 14.7 Å². The molecule has 0 bridgehead atoms. The molecule has 0 spiro atoms. The van der Waals surface area contributed by atoms with Gasteiger partial charge >= 0.3 is 6.18 Å². The third kappa shape index (κ3) is 6.96. The summed E-state index contributed by atoms with van der Waals surface area (Å²) in [6.45, 7) is 7.07. The number of hydrogen-bond acceptors (Lipinski definition) is 6. The number of fused-ring (bicyclic) bond motifs is 1. The molecule has 1 N–H and O–H groups in total.